The Balaban J connectivity index is 1.25. The van der Waals surface area contributed by atoms with Crippen molar-refractivity contribution in [3.63, 3.8) is 0 Å². The van der Waals surface area contributed by atoms with Crippen LogP contribution in [0.15, 0.2) is 0 Å². The molecule has 1 spiro atoms. The minimum absolute atomic E-state index is 0.0613. The third-order valence-electron chi connectivity index (χ3n) is 12.1. The van der Waals surface area contributed by atoms with Gasteiger partial charge in [-0.2, -0.15) is 0 Å². The van der Waals surface area contributed by atoms with E-state index in [1.165, 1.54) is 19.8 Å². The highest BCUT2D eigenvalue weighted by Crippen LogP contribution is 2.70. The van der Waals surface area contributed by atoms with E-state index in [1.54, 1.807) is 0 Å². The van der Waals surface area contributed by atoms with Crippen LogP contribution in [0.3, 0.4) is 0 Å². The lowest BCUT2D eigenvalue weighted by atomic mass is 9.44. The molecule has 6 rings (SSSR count). The fourth-order valence-electron chi connectivity index (χ4n) is 10.3. The summed E-state index contributed by atoms with van der Waals surface area (Å²) in [5, 5.41) is 0. The lowest BCUT2D eigenvalue weighted by Gasteiger charge is -2.60. The zero-order valence-electron chi connectivity index (χ0n) is 21.8. The van der Waals surface area contributed by atoms with Crippen LogP contribution in [0.25, 0.3) is 0 Å². The van der Waals surface area contributed by atoms with E-state index in [9.17, 15) is 9.59 Å². The summed E-state index contributed by atoms with van der Waals surface area (Å²) in [6, 6.07) is 0. The van der Waals surface area contributed by atoms with E-state index in [1.807, 2.05) is 0 Å². The van der Waals surface area contributed by atoms with Crippen molar-refractivity contribution in [3.8, 4) is 0 Å². The van der Waals surface area contributed by atoms with Gasteiger partial charge in [0.1, 0.15) is 11.9 Å². The normalized spacial score (nSPS) is 56.4. The summed E-state index contributed by atoms with van der Waals surface area (Å²) in [4.78, 5) is 25.7. The number of rotatable bonds is 1. The summed E-state index contributed by atoms with van der Waals surface area (Å²) in [5.74, 6) is 3.07. The van der Waals surface area contributed by atoms with Gasteiger partial charge in [0.15, 0.2) is 5.79 Å². The molecule has 4 aliphatic carbocycles. The molecule has 2 heterocycles. The van der Waals surface area contributed by atoms with Crippen molar-refractivity contribution < 1.29 is 23.8 Å². The van der Waals surface area contributed by atoms with E-state index in [-0.39, 0.29) is 40.8 Å². The predicted octanol–water partition coefficient (Wildman–Crippen LogP) is 5.54. The Hall–Kier alpha value is -0.940. The first-order valence-corrected chi connectivity index (χ1v) is 14.1. The quantitative estimate of drug-likeness (QED) is 0.469. The summed E-state index contributed by atoms with van der Waals surface area (Å²) in [6.45, 7) is 11.6. The smallest absolute Gasteiger partial charge is 0.302 e. The van der Waals surface area contributed by atoms with Crippen molar-refractivity contribution in [2.45, 2.75) is 110 Å². The molecule has 2 aliphatic heterocycles. The number of esters is 1. The Morgan fingerprint density at radius 3 is 2.53 bits per heavy atom. The highest BCUT2D eigenvalue weighted by molar-refractivity contribution is 5.87. The molecule has 6 fully saturated rings. The number of hydrogen-bond acceptors (Lipinski definition) is 5. The number of hydrogen-bond donors (Lipinski definition) is 0. The van der Waals surface area contributed by atoms with Gasteiger partial charge < -0.3 is 14.2 Å². The molecule has 34 heavy (non-hydrogen) atoms. The summed E-state index contributed by atoms with van der Waals surface area (Å²) >= 11 is 0. The van der Waals surface area contributed by atoms with Crippen molar-refractivity contribution in [2.75, 3.05) is 6.61 Å². The number of Topliss-reactive ketones (excluding diaryl/α,β-unsaturated/α-hetero) is 1. The number of ether oxygens (including phenoxy) is 3. The predicted molar refractivity (Wildman–Crippen MR) is 128 cm³/mol. The zero-order chi connectivity index (χ0) is 24.0. The largest absolute Gasteiger partial charge is 0.463 e. The summed E-state index contributed by atoms with van der Waals surface area (Å²) < 4.78 is 18.8. The van der Waals surface area contributed by atoms with Gasteiger partial charge >= 0.3 is 5.97 Å². The van der Waals surface area contributed by atoms with Crippen molar-refractivity contribution in [2.24, 2.45) is 52.3 Å². The Bertz CT molecular complexity index is 861. The molecule has 0 N–H and O–H groups in total. The second-order valence-corrected chi connectivity index (χ2v) is 13.5. The fourth-order valence-corrected chi connectivity index (χ4v) is 10.3. The summed E-state index contributed by atoms with van der Waals surface area (Å²) in [6.07, 6.45) is 9.47. The Morgan fingerprint density at radius 1 is 1.03 bits per heavy atom. The van der Waals surface area contributed by atoms with Gasteiger partial charge in [0, 0.05) is 37.0 Å². The number of carbonyl (C=O) groups excluding carboxylic acids is 2. The first kappa shape index (κ1) is 23.5. The molecule has 190 valence electrons. The van der Waals surface area contributed by atoms with Crippen LogP contribution in [-0.4, -0.2) is 36.4 Å². The van der Waals surface area contributed by atoms with E-state index >= 15 is 0 Å². The molecule has 0 amide bonds. The fraction of sp³-hybridized carbons (Fsp3) is 0.931. The molecule has 4 saturated carbocycles. The monoisotopic (exact) mass is 472 g/mol. The highest BCUT2D eigenvalue weighted by Gasteiger charge is 2.71. The van der Waals surface area contributed by atoms with Crippen LogP contribution in [0, 0.1) is 52.3 Å². The Kier molecular flexibility index (Phi) is 5.37. The van der Waals surface area contributed by atoms with Gasteiger partial charge in [-0.05, 0) is 80.0 Å². The van der Waals surface area contributed by atoms with E-state index in [2.05, 4.69) is 27.7 Å². The molecule has 0 aromatic heterocycles. The molecule has 0 unspecified atom stereocenters. The SMILES string of the molecule is CC(=O)O[C@H]1CC[C@@]2(C)[C@@H](CC[C@H]3[C@H]2CC(=O)[C@]2(C)[C@@H]4[C@@H](C)[C@]5(CC[C@H](C)CO5)O[C@@H]4C[C@H]32)C1. The third kappa shape index (κ3) is 3.11. The molecule has 0 bridgehead atoms. The summed E-state index contributed by atoms with van der Waals surface area (Å²) in [7, 11) is 0. The lowest BCUT2D eigenvalue weighted by molar-refractivity contribution is -0.272. The summed E-state index contributed by atoms with van der Waals surface area (Å²) in [5.41, 5.74) is -0.0934. The average molecular weight is 473 g/mol. The van der Waals surface area contributed by atoms with Gasteiger partial charge in [-0.15, -0.1) is 0 Å². The van der Waals surface area contributed by atoms with E-state index in [0.717, 1.165) is 51.6 Å². The lowest BCUT2D eigenvalue weighted by Crippen LogP contribution is -2.58. The van der Waals surface area contributed by atoms with Crippen LogP contribution in [0.1, 0.15) is 92.4 Å². The highest BCUT2D eigenvalue weighted by atomic mass is 16.7. The van der Waals surface area contributed by atoms with Crippen molar-refractivity contribution >= 4 is 11.8 Å². The van der Waals surface area contributed by atoms with Gasteiger partial charge in [-0.1, -0.05) is 27.7 Å². The first-order chi connectivity index (χ1) is 16.1. The van der Waals surface area contributed by atoms with Gasteiger partial charge in [0.05, 0.1) is 12.7 Å². The molecule has 0 aromatic rings. The van der Waals surface area contributed by atoms with Crippen molar-refractivity contribution in [1.82, 2.24) is 0 Å². The molecule has 0 aromatic carbocycles. The van der Waals surface area contributed by atoms with Crippen molar-refractivity contribution in [3.05, 3.63) is 0 Å². The van der Waals surface area contributed by atoms with E-state index < -0.39 is 5.79 Å². The average Bonchev–Trinajstić information content (AvgIpc) is 3.23. The molecule has 6 aliphatic rings. The third-order valence-corrected chi connectivity index (χ3v) is 12.1. The number of fused-ring (bicyclic) bond motifs is 7. The minimum Gasteiger partial charge on any atom is -0.463 e. The van der Waals surface area contributed by atoms with Crippen LogP contribution in [0.4, 0.5) is 0 Å². The number of carbonyl (C=O) groups is 2. The maximum absolute atomic E-state index is 14.1. The Morgan fingerprint density at radius 2 is 1.82 bits per heavy atom. The molecule has 5 nitrogen and oxygen atoms in total. The second kappa shape index (κ2) is 7.78. The maximum atomic E-state index is 14.1. The first-order valence-electron chi connectivity index (χ1n) is 14.1. The second-order valence-electron chi connectivity index (χ2n) is 13.5. The van der Waals surface area contributed by atoms with E-state index in [0.29, 0.717) is 35.4 Å². The molecule has 5 heteroatoms. The minimum atomic E-state index is -0.467. The van der Waals surface area contributed by atoms with Gasteiger partial charge in [-0.3, -0.25) is 9.59 Å². The van der Waals surface area contributed by atoms with Gasteiger partial charge in [0.2, 0.25) is 0 Å². The Labute approximate surface area is 205 Å². The van der Waals surface area contributed by atoms with Gasteiger partial charge in [0.25, 0.3) is 0 Å². The maximum Gasteiger partial charge on any atom is 0.302 e. The van der Waals surface area contributed by atoms with Crippen LogP contribution < -0.4 is 0 Å². The molecular weight excluding hydrogens is 428 g/mol. The zero-order valence-corrected chi connectivity index (χ0v) is 21.8. The molecular formula is C29H44O5. The molecule has 2 saturated heterocycles. The van der Waals surface area contributed by atoms with Crippen LogP contribution in [0.5, 0.6) is 0 Å². The van der Waals surface area contributed by atoms with Gasteiger partial charge in [-0.25, -0.2) is 0 Å². The van der Waals surface area contributed by atoms with Crippen molar-refractivity contribution in [1.29, 1.82) is 0 Å². The topological polar surface area (TPSA) is 61.8 Å². The number of ketones is 1. The van der Waals surface area contributed by atoms with Crippen LogP contribution >= 0.6 is 0 Å². The molecule has 0 radical (unpaired) electrons. The van der Waals surface area contributed by atoms with Crippen LogP contribution in [-0.2, 0) is 23.8 Å². The standard InChI is InChI=1S/C29H44O5/c1-16-8-11-29(32-15-16)17(2)26-24(34-29)13-23-21-7-6-19-12-20(33-18(3)30)9-10-27(19,4)22(21)14-25(31)28(23,26)5/h16-17,19-24,26H,6-15H2,1-5H3/t16-,17+,19-,20-,21-,22+,23+,24+,26+,27-,28+,29-/m0/s1. The molecule has 12 atom stereocenters. The van der Waals surface area contributed by atoms with E-state index in [4.69, 9.17) is 14.2 Å². The van der Waals surface area contributed by atoms with Crippen LogP contribution in [0.2, 0.25) is 0 Å².